The number of hydrogen-bond donors (Lipinski definition) is 5. The molecule has 3 fully saturated rings. The first-order valence-electron chi connectivity index (χ1n) is 31.0. The summed E-state index contributed by atoms with van der Waals surface area (Å²) < 4.78 is 58.4. The molecule has 5 atom stereocenters. The number of halogens is 4. The van der Waals surface area contributed by atoms with E-state index in [-0.39, 0.29) is 52.5 Å². The average Bonchev–Trinajstić information content (AvgIpc) is 2.04. The van der Waals surface area contributed by atoms with E-state index in [4.69, 9.17) is 0 Å². The van der Waals surface area contributed by atoms with Crippen molar-refractivity contribution in [3.63, 3.8) is 0 Å². The number of unbranched alkanes of at least 4 members (excludes halogenated alkanes) is 4. The summed E-state index contributed by atoms with van der Waals surface area (Å²) in [6.07, 6.45) is 6.38. The summed E-state index contributed by atoms with van der Waals surface area (Å²) in [4.78, 5) is 94.8. The predicted molar refractivity (Wildman–Crippen MR) is 338 cm³/mol. The van der Waals surface area contributed by atoms with E-state index in [1.807, 2.05) is 83.3 Å². The van der Waals surface area contributed by atoms with Crippen LogP contribution < -0.4 is 31.3 Å². The second-order valence-electron chi connectivity index (χ2n) is 25.5. The Morgan fingerprint density at radius 3 is 2.18 bits per heavy atom. The Hall–Kier alpha value is -7.12. The number of nitrogens with zero attached hydrogens (tertiary/aromatic N) is 9. The van der Waals surface area contributed by atoms with Gasteiger partial charge in [0.1, 0.15) is 5.82 Å². The molecule has 5 aromatic rings. The lowest BCUT2D eigenvalue weighted by molar-refractivity contribution is -0.138. The third kappa shape index (κ3) is 17.2. The highest BCUT2D eigenvalue weighted by Crippen LogP contribution is 2.38. The van der Waals surface area contributed by atoms with Crippen molar-refractivity contribution in [2.75, 3.05) is 87.6 Å². The molecule has 0 bridgehead atoms. The molecule has 0 aliphatic carbocycles. The Morgan fingerprint density at radius 1 is 0.854 bits per heavy atom. The minimum atomic E-state index is -4.97. The lowest BCUT2D eigenvalue weighted by Gasteiger charge is -2.44. The summed E-state index contributed by atoms with van der Waals surface area (Å²) in [7, 11) is 1.99. The number of carbonyl (C=O) groups excluding carboxylic acids is 4. The van der Waals surface area contributed by atoms with Gasteiger partial charge in [-0.25, -0.2) is 19.3 Å². The Morgan fingerprint density at radius 2 is 1.54 bits per heavy atom. The second kappa shape index (κ2) is 29.2. The molecule has 9 rings (SSSR count). The number of piperazine rings is 2. The maximum absolute atomic E-state index is 16.3. The number of likely N-dealkylation sites (tertiary alicyclic amines) is 1. The van der Waals surface area contributed by atoms with E-state index in [0.29, 0.717) is 127 Å². The summed E-state index contributed by atoms with van der Waals surface area (Å²) in [5.41, 5.74) is 3.72. The highest BCUT2D eigenvalue weighted by atomic mass is 32.1. The molecule has 24 heteroatoms. The second-order valence-corrected chi connectivity index (χ2v) is 26.3. The lowest BCUT2D eigenvalue weighted by atomic mass is 9.86. The molecule has 2 aromatic carbocycles. The molecule has 480 valence electrons. The number of aliphatic hydroxyl groups excluding tert-OH is 1. The molecule has 3 aromatic heterocycles. The van der Waals surface area contributed by atoms with Crippen LogP contribution in [0.1, 0.15) is 131 Å². The molecule has 19 nitrogen and oxygen atoms in total. The number of aliphatic hydroxyl groups is 1. The van der Waals surface area contributed by atoms with Gasteiger partial charge in [0.25, 0.3) is 5.91 Å². The number of thiazole rings is 1. The number of likely N-dealkylation sites (N-methyl/N-ethyl adjacent to an activating group) is 1. The Bertz CT molecular complexity index is 3350. The van der Waals surface area contributed by atoms with Crippen LogP contribution in [0.3, 0.4) is 0 Å². The summed E-state index contributed by atoms with van der Waals surface area (Å²) in [5, 5.41) is 19.6. The number of alkyl halides is 3. The fourth-order valence-electron chi connectivity index (χ4n) is 12.3. The molecule has 4 amide bonds. The van der Waals surface area contributed by atoms with Crippen molar-refractivity contribution >= 4 is 57.9 Å². The number of benzene rings is 2. The van der Waals surface area contributed by atoms with Gasteiger partial charge >= 0.3 is 6.18 Å². The quantitative estimate of drug-likeness (QED) is 0.0325. The summed E-state index contributed by atoms with van der Waals surface area (Å²) in [6, 6.07) is 10.6. The van der Waals surface area contributed by atoms with Crippen LogP contribution in [0.4, 0.5) is 34.9 Å². The van der Waals surface area contributed by atoms with Crippen molar-refractivity contribution in [1.29, 1.82) is 0 Å². The zero-order chi connectivity index (χ0) is 63.7. The fourth-order valence-corrected chi connectivity index (χ4v) is 13.1. The number of aryl methyl sites for hydroxylation is 1. The fraction of sp³-hybridized carbons (Fsp3) is 0.538. The van der Waals surface area contributed by atoms with E-state index in [9.17, 15) is 42.3 Å². The number of rotatable bonds is 22. The monoisotopic (exact) mass is 1250 g/mol. The number of anilines is 3. The number of aromatic nitrogens is 4. The molecular formula is C65H85F4N13O6S. The first kappa shape index (κ1) is 66.3. The number of carbonyl (C=O) groups is 4. The molecule has 4 aliphatic heterocycles. The van der Waals surface area contributed by atoms with Gasteiger partial charge < -0.3 is 40.7 Å². The molecule has 0 unspecified atom stereocenters. The van der Waals surface area contributed by atoms with E-state index in [1.54, 1.807) is 23.7 Å². The molecule has 3 saturated heterocycles. The smallest absolute Gasteiger partial charge is 0.392 e. The average molecular weight is 1250 g/mol. The molecule has 89 heavy (non-hydrogen) atoms. The van der Waals surface area contributed by atoms with Gasteiger partial charge in [0.2, 0.25) is 29.2 Å². The van der Waals surface area contributed by atoms with Gasteiger partial charge in [-0.1, -0.05) is 70.4 Å². The Labute approximate surface area is 522 Å². The van der Waals surface area contributed by atoms with Gasteiger partial charge in [0, 0.05) is 145 Å². The van der Waals surface area contributed by atoms with Crippen molar-refractivity contribution in [2.45, 2.75) is 149 Å². The zero-order valence-electron chi connectivity index (χ0n) is 52.1. The van der Waals surface area contributed by atoms with Crippen LogP contribution in [0, 0.1) is 18.2 Å². The predicted octanol–water partition coefficient (Wildman–Crippen LogP) is 8.49. The molecule has 0 spiro atoms. The number of H-pyrrole nitrogens is 1. The number of pyridine rings is 1. The number of nitrogens with one attached hydrogen (secondary N) is 4. The first-order chi connectivity index (χ1) is 42.4. The summed E-state index contributed by atoms with van der Waals surface area (Å²) in [6.45, 7) is 18.5. The standard InChI is InChI=1S/C65H85F4N13O6S/c1-41-35-81(36-42(2)77(41)7)54-30-52(66)49(28-53(54)75-61(87)50-34-70-58(85)29-51(50)65(67,68)69)46-19-21-80(22-20-46)63-72-32-45(33-73-63)37-78-23-25-79(26-24-78)59(86)14-12-10-8-9-11-13-57(84)76-56(64(4,5)6)39-82-38-48(83)27-55(82)62(88)71-31-44-15-17-47(18-16-44)60-43(3)74-40-89-60/h15-19,28-30,32-34,40-42,48,55-56,83H,8-14,20-27,31,35-39H2,1-7H3,(H,70,85)(H,71,88)(H,75,87)(H,76,84)/t41-,42+,48-,55+,56-/m1/s1. The van der Waals surface area contributed by atoms with Crippen LogP contribution >= 0.6 is 11.3 Å². The van der Waals surface area contributed by atoms with Crippen molar-refractivity contribution in [1.82, 2.24) is 50.2 Å². The largest absolute Gasteiger partial charge is 0.417 e. The maximum Gasteiger partial charge on any atom is 0.417 e. The first-order valence-corrected chi connectivity index (χ1v) is 31.9. The van der Waals surface area contributed by atoms with Gasteiger partial charge in [0.15, 0.2) is 0 Å². The van der Waals surface area contributed by atoms with E-state index < -0.39 is 46.7 Å². The Kier molecular flexibility index (Phi) is 21.8. The molecule has 0 radical (unpaired) electrons. The van der Waals surface area contributed by atoms with Gasteiger partial charge in [0.05, 0.1) is 50.7 Å². The number of amides is 4. The van der Waals surface area contributed by atoms with Gasteiger partial charge in [-0.3, -0.25) is 38.7 Å². The van der Waals surface area contributed by atoms with E-state index >= 15 is 4.39 Å². The van der Waals surface area contributed by atoms with E-state index in [2.05, 4.69) is 66.5 Å². The summed E-state index contributed by atoms with van der Waals surface area (Å²) >= 11 is 1.60. The summed E-state index contributed by atoms with van der Waals surface area (Å²) in [5.74, 6) is -1.16. The van der Waals surface area contributed by atoms with Crippen LogP contribution in [0.2, 0.25) is 0 Å². The minimum absolute atomic E-state index is 0.0347. The van der Waals surface area contributed by atoms with Crippen molar-refractivity contribution in [2.24, 2.45) is 5.41 Å². The highest BCUT2D eigenvalue weighted by Gasteiger charge is 2.40. The number of hydrogen-bond acceptors (Lipinski definition) is 15. The van der Waals surface area contributed by atoms with Crippen LogP contribution in [-0.4, -0.2) is 171 Å². The van der Waals surface area contributed by atoms with Crippen LogP contribution in [0.25, 0.3) is 16.0 Å². The molecule has 4 aliphatic rings. The van der Waals surface area contributed by atoms with Crippen molar-refractivity contribution in [3.05, 3.63) is 122 Å². The molecular weight excluding hydrogens is 1170 g/mol. The SMILES string of the molecule is Cc1ncsc1-c1ccc(CNC(=O)[C@@H]2C[C@@H](O)CN2C[C@@H](NC(=O)CCCCCCCC(=O)N2CCN(Cc3cnc(N4CC=C(c5cc(NC(=O)c6c[nH]c(=O)cc6C(F)(F)F)c(N6C[C@@H](C)N(C)[C@@H](C)C6)cc5F)CC4)nc3)CC2)C(C)(C)C)cc1. The zero-order valence-corrected chi connectivity index (χ0v) is 52.9. The highest BCUT2D eigenvalue weighted by molar-refractivity contribution is 7.13. The third-order valence-corrected chi connectivity index (χ3v) is 18.9. The number of aromatic amines is 1. The van der Waals surface area contributed by atoms with Crippen LogP contribution in [0.15, 0.2) is 77.4 Å². The molecule has 0 saturated carbocycles. The minimum Gasteiger partial charge on any atom is -0.392 e. The van der Waals surface area contributed by atoms with Crippen molar-refractivity contribution in [3.8, 4) is 10.4 Å². The van der Waals surface area contributed by atoms with E-state index in [1.165, 1.54) is 12.1 Å². The van der Waals surface area contributed by atoms with E-state index in [0.717, 1.165) is 65.6 Å². The van der Waals surface area contributed by atoms with Crippen molar-refractivity contribution < 1.29 is 41.8 Å². The third-order valence-electron chi connectivity index (χ3n) is 17.9. The van der Waals surface area contributed by atoms with Crippen LogP contribution in [0.5, 0.6) is 0 Å². The maximum atomic E-state index is 16.3. The van der Waals surface area contributed by atoms with Gasteiger partial charge in [-0.2, -0.15) is 13.2 Å². The lowest BCUT2D eigenvalue weighted by Crippen LogP contribution is -2.55. The van der Waals surface area contributed by atoms with Gasteiger partial charge in [-0.05, 0) is 87.7 Å². The van der Waals surface area contributed by atoms with Crippen LogP contribution in [-0.2, 0) is 33.6 Å². The molecule has 5 N–H and O–H groups in total. The van der Waals surface area contributed by atoms with Gasteiger partial charge in [-0.15, -0.1) is 11.3 Å². The Balaban J connectivity index is 0.677. The number of β-amino-alcohol motifs (C(OH)–C–C–N with tert-alkyl or cyclic N) is 1. The topological polar surface area (TPSA) is 216 Å². The normalized spacial score (nSPS) is 20.1. The molecule has 7 heterocycles.